The third-order valence-corrected chi connectivity index (χ3v) is 4.52. The van der Waals surface area contributed by atoms with E-state index in [-0.39, 0.29) is 18.5 Å². The van der Waals surface area contributed by atoms with Gasteiger partial charge in [-0.2, -0.15) is 26.3 Å². The van der Waals surface area contributed by atoms with Gasteiger partial charge in [-0.1, -0.05) is 19.1 Å². The van der Waals surface area contributed by atoms with Crippen LogP contribution < -0.4 is 15.4 Å². The number of carbonyl (C=O) groups excluding carboxylic acids is 1. The van der Waals surface area contributed by atoms with E-state index in [4.69, 9.17) is 4.74 Å². The molecule has 2 amide bonds. The van der Waals surface area contributed by atoms with Crippen molar-refractivity contribution < 1.29 is 35.9 Å². The number of alkyl halides is 6. The smallest absolute Gasteiger partial charge is 0.416 e. The molecule has 0 spiro atoms. The monoisotopic (exact) mass is 448 g/mol. The Morgan fingerprint density at radius 3 is 2.16 bits per heavy atom. The van der Waals surface area contributed by atoms with Crippen LogP contribution in [0.3, 0.4) is 0 Å². The van der Waals surface area contributed by atoms with Crippen LogP contribution >= 0.6 is 0 Å². The summed E-state index contributed by atoms with van der Waals surface area (Å²) >= 11 is 0. The molecule has 0 fully saturated rings. The molecule has 0 aliphatic carbocycles. The lowest BCUT2D eigenvalue weighted by Crippen LogP contribution is -2.32. The molecule has 2 aromatic carbocycles. The Kier molecular flexibility index (Phi) is 7.80. The van der Waals surface area contributed by atoms with Crippen LogP contribution in [0.25, 0.3) is 0 Å². The summed E-state index contributed by atoms with van der Waals surface area (Å²) in [7, 11) is 1.56. The highest BCUT2D eigenvalue weighted by atomic mass is 19.4. The summed E-state index contributed by atoms with van der Waals surface area (Å²) in [5, 5.41) is 4.51. The van der Waals surface area contributed by atoms with Crippen molar-refractivity contribution in [2.45, 2.75) is 32.1 Å². The number of aryl methyl sites for hydroxylation is 1. The Labute approximate surface area is 175 Å². The molecule has 2 N–H and O–H groups in total. The molecule has 170 valence electrons. The Morgan fingerprint density at radius 2 is 1.61 bits per heavy atom. The van der Waals surface area contributed by atoms with Crippen molar-refractivity contribution in [3.8, 4) is 5.75 Å². The second-order valence-electron chi connectivity index (χ2n) is 7.12. The van der Waals surface area contributed by atoms with E-state index in [0.717, 1.165) is 11.3 Å². The van der Waals surface area contributed by atoms with Gasteiger partial charge in [0.05, 0.1) is 18.2 Å². The number of amides is 2. The topological polar surface area (TPSA) is 50.4 Å². The van der Waals surface area contributed by atoms with Crippen molar-refractivity contribution in [1.82, 2.24) is 5.32 Å². The number of hydrogen-bond donors (Lipinski definition) is 2. The SMILES string of the molecule is COc1cccc(CCC(C)CNC(=O)Nc2cc(C(F)(F)F)cc(C(F)(F)F)c2)c1. The summed E-state index contributed by atoms with van der Waals surface area (Å²) in [6.45, 7) is 2.06. The molecule has 0 saturated heterocycles. The maximum Gasteiger partial charge on any atom is 0.416 e. The fourth-order valence-corrected chi connectivity index (χ4v) is 2.81. The first kappa shape index (κ1) is 24.4. The quantitative estimate of drug-likeness (QED) is 0.501. The highest BCUT2D eigenvalue weighted by Crippen LogP contribution is 2.37. The van der Waals surface area contributed by atoms with Crippen LogP contribution in [-0.2, 0) is 18.8 Å². The molecule has 0 heterocycles. The molecule has 4 nitrogen and oxygen atoms in total. The van der Waals surface area contributed by atoms with Gasteiger partial charge in [0.1, 0.15) is 5.75 Å². The summed E-state index contributed by atoms with van der Waals surface area (Å²) in [6.07, 6.45) is -8.55. The molecule has 2 aromatic rings. The molecule has 2 rings (SSSR count). The molecule has 0 saturated carbocycles. The average molecular weight is 448 g/mol. The second kappa shape index (κ2) is 9.93. The predicted octanol–water partition coefficient (Wildman–Crippen LogP) is 6.12. The Balaban J connectivity index is 1.94. The van der Waals surface area contributed by atoms with E-state index in [1.165, 1.54) is 0 Å². The van der Waals surface area contributed by atoms with E-state index in [1.54, 1.807) is 7.11 Å². The minimum atomic E-state index is -4.98. The maximum absolute atomic E-state index is 12.9. The first-order chi connectivity index (χ1) is 14.4. The van der Waals surface area contributed by atoms with Crippen molar-refractivity contribution in [2.24, 2.45) is 5.92 Å². The number of methoxy groups -OCH3 is 1. The fraction of sp³-hybridized carbons (Fsp3) is 0.381. The zero-order chi connectivity index (χ0) is 23.2. The predicted molar refractivity (Wildman–Crippen MR) is 104 cm³/mol. The molecule has 1 atom stereocenters. The van der Waals surface area contributed by atoms with Gasteiger partial charge in [0, 0.05) is 12.2 Å². The van der Waals surface area contributed by atoms with Gasteiger partial charge in [0.15, 0.2) is 0 Å². The average Bonchev–Trinajstić information content (AvgIpc) is 2.69. The number of ether oxygens (including phenoxy) is 1. The number of urea groups is 1. The number of anilines is 1. The van der Waals surface area contributed by atoms with Crippen molar-refractivity contribution >= 4 is 11.7 Å². The zero-order valence-corrected chi connectivity index (χ0v) is 16.8. The van der Waals surface area contributed by atoms with Crippen molar-refractivity contribution in [3.63, 3.8) is 0 Å². The summed E-state index contributed by atoms with van der Waals surface area (Å²) < 4.78 is 82.5. The normalized spacial score (nSPS) is 12.9. The van der Waals surface area contributed by atoms with E-state index in [1.807, 2.05) is 36.5 Å². The third-order valence-electron chi connectivity index (χ3n) is 4.52. The van der Waals surface area contributed by atoms with E-state index in [9.17, 15) is 31.1 Å². The van der Waals surface area contributed by atoms with Gasteiger partial charge < -0.3 is 15.4 Å². The van der Waals surface area contributed by atoms with Crippen molar-refractivity contribution in [1.29, 1.82) is 0 Å². The number of rotatable bonds is 7. The molecular formula is C21H22F6N2O2. The lowest BCUT2D eigenvalue weighted by Gasteiger charge is -2.16. The van der Waals surface area contributed by atoms with Gasteiger partial charge in [-0.3, -0.25) is 0 Å². The van der Waals surface area contributed by atoms with Gasteiger partial charge in [-0.25, -0.2) is 4.79 Å². The Morgan fingerprint density at radius 1 is 1.00 bits per heavy atom. The first-order valence-electron chi connectivity index (χ1n) is 9.35. The Bertz CT molecular complexity index is 864. The second-order valence-corrected chi connectivity index (χ2v) is 7.12. The van der Waals surface area contributed by atoms with Crippen LogP contribution in [0.2, 0.25) is 0 Å². The molecule has 0 radical (unpaired) electrons. The van der Waals surface area contributed by atoms with Crippen LogP contribution in [0.15, 0.2) is 42.5 Å². The van der Waals surface area contributed by atoms with E-state index in [2.05, 4.69) is 5.32 Å². The van der Waals surface area contributed by atoms with E-state index in [0.29, 0.717) is 25.0 Å². The highest BCUT2D eigenvalue weighted by Gasteiger charge is 2.37. The van der Waals surface area contributed by atoms with Crippen LogP contribution in [0.4, 0.5) is 36.8 Å². The number of nitrogens with one attached hydrogen (secondary N) is 2. The number of benzene rings is 2. The van der Waals surface area contributed by atoms with Gasteiger partial charge in [-0.15, -0.1) is 0 Å². The van der Waals surface area contributed by atoms with Crippen molar-refractivity contribution in [2.75, 3.05) is 19.0 Å². The lowest BCUT2D eigenvalue weighted by atomic mass is 10.0. The van der Waals surface area contributed by atoms with E-state index < -0.39 is 35.2 Å². The molecular weight excluding hydrogens is 426 g/mol. The fourth-order valence-electron chi connectivity index (χ4n) is 2.81. The zero-order valence-electron chi connectivity index (χ0n) is 16.8. The van der Waals surface area contributed by atoms with E-state index >= 15 is 0 Å². The molecule has 1 unspecified atom stereocenters. The van der Waals surface area contributed by atoms with Crippen LogP contribution in [0.5, 0.6) is 5.75 Å². The first-order valence-corrected chi connectivity index (χ1v) is 9.35. The summed E-state index contributed by atoms with van der Waals surface area (Å²) in [4.78, 5) is 12.0. The Hall–Kier alpha value is -2.91. The molecule has 0 aliphatic rings. The highest BCUT2D eigenvalue weighted by molar-refractivity contribution is 5.89. The lowest BCUT2D eigenvalue weighted by molar-refractivity contribution is -0.143. The number of hydrogen-bond acceptors (Lipinski definition) is 2. The van der Waals surface area contributed by atoms with Crippen molar-refractivity contribution in [3.05, 3.63) is 59.2 Å². The van der Waals surface area contributed by atoms with Gasteiger partial charge in [0.25, 0.3) is 0 Å². The molecule has 31 heavy (non-hydrogen) atoms. The van der Waals surface area contributed by atoms with Crippen LogP contribution in [0, 0.1) is 5.92 Å². The van der Waals surface area contributed by atoms with Gasteiger partial charge in [-0.05, 0) is 54.7 Å². The van der Waals surface area contributed by atoms with Crippen LogP contribution in [-0.4, -0.2) is 19.7 Å². The molecule has 0 aromatic heterocycles. The standard InChI is InChI=1S/C21H22F6N2O2/c1-13(6-7-14-4-3-5-18(8-14)31-2)12-28-19(30)29-17-10-15(20(22,23)24)9-16(11-17)21(25,26)27/h3-5,8-11,13H,6-7,12H2,1-2H3,(H2,28,29,30). The third kappa shape index (κ3) is 7.69. The molecule has 0 bridgehead atoms. The maximum atomic E-state index is 12.9. The summed E-state index contributed by atoms with van der Waals surface area (Å²) in [5.41, 5.74) is -2.54. The number of carbonyl (C=O) groups is 1. The minimum absolute atomic E-state index is 0.00371. The summed E-state index contributed by atoms with van der Waals surface area (Å²) in [5.74, 6) is 0.742. The van der Waals surface area contributed by atoms with Gasteiger partial charge >= 0.3 is 18.4 Å². The molecule has 0 aliphatic heterocycles. The van der Waals surface area contributed by atoms with Crippen LogP contribution in [0.1, 0.15) is 30.0 Å². The number of halogens is 6. The summed E-state index contributed by atoms with van der Waals surface area (Å²) in [6, 6.07) is 7.53. The minimum Gasteiger partial charge on any atom is -0.497 e. The molecule has 10 heteroatoms. The van der Waals surface area contributed by atoms with Gasteiger partial charge in [0.2, 0.25) is 0 Å². The largest absolute Gasteiger partial charge is 0.497 e.